The molecule has 2 aliphatic heterocycles. The molecule has 0 spiro atoms. The SMILES string of the molecule is Cc1cc(N2CCN(C(=O)OC(C)(C)C)CC2)ccc1CN(C=O)C1CCC(=O)NC1=O. The Kier molecular flexibility index (Phi) is 7.06. The van der Waals surface area contributed by atoms with Crippen LogP contribution in [0.15, 0.2) is 18.2 Å². The van der Waals surface area contributed by atoms with E-state index in [1.807, 2.05) is 39.8 Å². The summed E-state index contributed by atoms with van der Waals surface area (Å²) in [4.78, 5) is 52.8. The van der Waals surface area contributed by atoms with Crippen molar-refractivity contribution in [3.05, 3.63) is 29.3 Å². The van der Waals surface area contributed by atoms with Gasteiger partial charge in [-0.3, -0.25) is 19.7 Å². The van der Waals surface area contributed by atoms with Gasteiger partial charge in [0.05, 0.1) is 0 Å². The second-order valence-corrected chi connectivity index (χ2v) is 9.31. The molecule has 0 bridgehead atoms. The summed E-state index contributed by atoms with van der Waals surface area (Å²) < 4.78 is 5.45. The highest BCUT2D eigenvalue weighted by atomic mass is 16.6. The Morgan fingerprint density at radius 1 is 1.22 bits per heavy atom. The molecule has 3 rings (SSSR count). The molecule has 0 saturated carbocycles. The van der Waals surface area contributed by atoms with Gasteiger partial charge in [0.15, 0.2) is 0 Å². The minimum atomic E-state index is -0.634. The predicted octanol–water partition coefficient (Wildman–Crippen LogP) is 1.82. The van der Waals surface area contributed by atoms with Crippen molar-refractivity contribution >= 4 is 30.0 Å². The Morgan fingerprint density at radius 3 is 2.47 bits per heavy atom. The molecule has 0 aliphatic carbocycles. The highest BCUT2D eigenvalue weighted by Gasteiger charge is 2.31. The summed E-state index contributed by atoms with van der Waals surface area (Å²) in [5.74, 6) is -0.727. The third-order valence-electron chi connectivity index (χ3n) is 5.72. The number of rotatable bonds is 5. The first-order chi connectivity index (χ1) is 15.1. The normalized spacial score (nSPS) is 19.4. The molecule has 1 unspecified atom stereocenters. The van der Waals surface area contributed by atoms with Gasteiger partial charge in [-0.15, -0.1) is 0 Å². The van der Waals surface area contributed by atoms with Gasteiger partial charge < -0.3 is 19.4 Å². The van der Waals surface area contributed by atoms with Crippen LogP contribution >= 0.6 is 0 Å². The standard InChI is InChI=1S/C23H32N4O5/c1-16-13-18(25-9-11-26(12-10-25)22(31)32-23(2,3)4)6-5-17(16)14-27(15-28)19-7-8-20(29)24-21(19)30/h5-6,13,15,19H,7-12,14H2,1-4H3,(H,24,29,30). The molecule has 174 valence electrons. The molecule has 9 nitrogen and oxygen atoms in total. The number of piperazine rings is 1. The zero-order valence-corrected chi connectivity index (χ0v) is 19.2. The van der Waals surface area contributed by atoms with Crippen LogP contribution < -0.4 is 10.2 Å². The number of carbonyl (C=O) groups is 4. The maximum atomic E-state index is 12.3. The summed E-state index contributed by atoms with van der Waals surface area (Å²) in [7, 11) is 0. The van der Waals surface area contributed by atoms with E-state index in [0.29, 0.717) is 45.6 Å². The first-order valence-electron chi connectivity index (χ1n) is 10.9. The van der Waals surface area contributed by atoms with Crippen LogP contribution in [0.3, 0.4) is 0 Å². The number of hydrogen-bond acceptors (Lipinski definition) is 6. The van der Waals surface area contributed by atoms with Crippen molar-refractivity contribution in [3.8, 4) is 0 Å². The van der Waals surface area contributed by atoms with Gasteiger partial charge in [-0.25, -0.2) is 4.79 Å². The first-order valence-corrected chi connectivity index (χ1v) is 10.9. The van der Waals surface area contributed by atoms with Crippen LogP contribution in [0.25, 0.3) is 0 Å². The number of aryl methyl sites for hydroxylation is 1. The van der Waals surface area contributed by atoms with Gasteiger partial charge in [0.1, 0.15) is 11.6 Å². The lowest BCUT2D eigenvalue weighted by atomic mass is 10.0. The Hall–Kier alpha value is -3.10. The number of nitrogens with zero attached hydrogens (tertiary/aromatic N) is 3. The van der Waals surface area contributed by atoms with Gasteiger partial charge in [0, 0.05) is 44.8 Å². The summed E-state index contributed by atoms with van der Waals surface area (Å²) in [6, 6.07) is 5.39. The van der Waals surface area contributed by atoms with Crippen LogP contribution in [0.4, 0.5) is 10.5 Å². The smallest absolute Gasteiger partial charge is 0.410 e. The molecule has 2 fully saturated rings. The van der Waals surface area contributed by atoms with Crippen molar-refractivity contribution in [3.63, 3.8) is 0 Å². The van der Waals surface area contributed by atoms with E-state index in [9.17, 15) is 19.2 Å². The average molecular weight is 445 g/mol. The van der Waals surface area contributed by atoms with Crippen molar-refractivity contribution in [1.82, 2.24) is 15.1 Å². The summed E-state index contributed by atoms with van der Waals surface area (Å²) in [5.41, 5.74) is 2.49. The fraction of sp³-hybridized carbons (Fsp3) is 0.565. The number of anilines is 1. The third kappa shape index (κ3) is 5.77. The Balaban J connectivity index is 1.61. The minimum absolute atomic E-state index is 0.230. The zero-order chi connectivity index (χ0) is 23.5. The van der Waals surface area contributed by atoms with Crippen LogP contribution in [-0.2, 0) is 25.7 Å². The second kappa shape index (κ2) is 9.58. The largest absolute Gasteiger partial charge is 0.444 e. The molecule has 4 amide bonds. The molecule has 1 atom stereocenters. The summed E-state index contributed by atoms with van der Waals surface area (Å²) in [6.07, 6.45) is 0.950. The van der Waals surface area contributed by atoms with Crippen molar-refractivity contribution in [2.75, 3.05) is 31.1 Å². The average Bonchev–Trinajstić information content (AvgIpc) is 2.72. The Labute approximate surface area is 188 Å². The van der Waals surface area contributed by atoms with Crippen LogP contribution in [0.2, 0.25) is 0 Å². The van der Waals surface area contributed by atoms with Gasteiger partial charge in [-0.1, -0.05) is 6.07 Å². The fourth-order valence-electron chi connectivity index (χ4n) is 3.94. The number of hydrogen-bond donors (Lipinski definition) is 1. The van der Waals surface area contributed by atoms with Gasteiger partial charge in [-0.05, 0) is 57.4 Å². The van der Waals surface area contributed by atoms with Gasteiger partial charge in [0.2, 0.25) is 18.2 Å². The van der Waals surface area contributed by atoms with Crippen molar-refractivity contribution in [2.24, 2.45) is 0 Å². The topological polar surface area (TPSA) is 99.3 Å². The van der Waals surface area contributed by atoms with Gasteiger partial charge in [0.25, 0.3) is 0 Å². The predicted molar refractivity (Wildman–Crippen MR) is 119 cm³/mol. The van der Waals surface area contributed by atoms with Crippen LogP contribution in [0.5, 0.6) is 0 Å². The lowest BCUT2D eigenvalue weighted by molar-refractivity contribution is -0.141. The molecular weight excluding hydrogens is 412 g/mol. The Bertz CT molecular complexity index is 887. The maximum Gasteiger partial charge on any atom is 0.410 e. The molecule has 2 aliphatic rings. The molecule has 1 aromatic rings. The second-order valence-electron chi connectivity index (χ2n) is 9.31. The van der Waals surface area contributed by atoms with Crippen LogP contribution in [0, 0.1) is 6.92 Å². The zero-order valence-electron chi connectivity index (χ0n) is 19.2. The number of carbonyl (C=O) groups excluding carboxylic acids is 4. The fourth-order valence-corrected chi connectivity index (χ4v) is 3.94. The van der Waals surface area contributed by atoms with Crippen LogP contribution in [-0.4, -0.2) is 71.9 Å². The quantitative estimate of drug-likeness (QED) is 0.549. The number of imide groups is 1. The first kappa shape index (κ1) is 23.6. The van der Waals surface area contributed by atoms with E-state index in [2.05, 4.69) is 16.3 Å². The van der Waals surface area contributed by atoms with E-state index >= 15 is 0 Å². The van der Waals surface area contributed by atoms with Crippen molar-refractivity contribution in [1.29, 1.82) is 0 Å². The summed E-state index contributed by atoms with van der Waals surface area (Å²) in [6.45, 7) is 10.4. The van der Waals surface area contributed by atoms with E-state index in [-0.39, 0.29) is 18.4 Å². The van der Waals surface area contributed by atoms with E-state index in [4.69, 9.17) is 4.74 Å². The lowest BCUT2D eigenvalue weighted by Gasteiger charge is -2.37. The summed E-state index contributed by atoms with van der Waals surface area (Å²) in [5, 5.41) is 2.30. The molecular formula is C23H32N4O5. The highest BCUT2D eigenvalue weighted by Crippen LogP contribution is 2.23. The van der Waals surface area contributed by atoms with Crippen LogP contribution in [0.1, 0.15) is 44.7 Å². The molecule has 2 heterocycles. The van der Waals surface area contributed by atoms with Crippen molar-refractivity contribution in [2.45, 2.75) is 58.7 Å². The molecule has 0 aromatic heterocycles. The third-order valence-corrected chi connectivity index (χ3v) is 5.72. The minimum Gasteiger partial charge on any atom is -0.444 e. The highest BCUT2D eigenvalue weighted by molar-refractivity contribution is 6.00. The van der Waals surface area contributed by atoms with E-state index in [0.717, 1.165) is 16.8 Å². The number of piperidine rings is 1. The molecule has 2 saturated heterocycles. The Morgan fingerprint density at radius 2 is 1.91 bits per heavy atom. The number of amides is 4. The number of benzene rings is 1. The van der Waals surface area contributed by atoms with Crippen molar-refractivity contribution < 1.29 is 23.9 Å². The van der Waals surface area contributed by atoms with E-state index in [1.54, 1.807) is 4.90 Å². The molecule has 9 heteroatoms. The summed E-state index contributed by atoms with van der Waals surface area (Å²) >= 11 is 0. The molecule has 1 aromatic carbocycles. The monoisotopic (exact) mass is 444 g/mol. The lowest BCUT2D eigenvalue weighted by Crippen LogP contribution is -2.51. The molecule has 1 N–H and O–H groups in total. The number of nitrogens with one attached hydrogen (secondary N) is 1. The molecule has 32 heavy (non-hydrogen) atoms. The van der Waals surface area contributed by atoms with Gasteiger partial charge >= 0.3 is 6.09 Å². The number of ether oxygens (including phenoxy) is 1. The van der Waals surface area contributed by atoms with Gasteiger partial charge in [-0.2, -0.15) is 0 Å². The van der Waals surface area contributed by atoms with E-state index in [1.165, 1.54) is 4.90 Å². The molecule has 0 radical (unpaired) electrons. The maximum absolute atomic E-state index is 12.3. The van der Waals surface area contributed by atoms with E-state index < -0.39 is 17.6 Å².